The fourth-order valence-corrected chi connectivity index (χ4v) is 1.50. The number of rotatable bonds is 6. The maximum atomic E-state index is 11.7. The van der Waals surface area contributed by atoms with E-state index in [4.69, 9.17) is 9.47 Å². The summed E-state index contributed by atoms with van der Waals surface area (Å²) in [5, 5.41) is 9.82. The van der Waals surface area contributed by atoms with Crippen LogP contribution in [0.5, 0.6) is 17.2 Å². The van der Waals surface area contributed by atoms with Gasteiger partial charge >= 0.3 is 0 Å². The summed E-state index contributed by atoms with van der Waals surface area (Å²) in [5.74, 6) is 0.612. The van der Waals surface area contributed by atoms with Gasteiger partial charge in [-0.3, -0.25) is 4.79 Å². The predicted molar refractivity (Wildman–Crippen MR) is 65.1 cm³/mol. The summed E-state index contributed by atoms with van der Waals surface area (Å²) < 4.78 is 10.5. The third-order valence-corrected chi connectivity index (χ3v) is 2.35. The molecule has 1 rings (SSSR count). The SMILES string of the molecule is CCCOc1cc(O)c(C(=O)CC)c(OC)c1. The van der Waals surface area contributed by atoms with Gasteiger partial charge in [0.1, 0.15) is 22.8 Å². The zero-order valence-corrected chi connectivity index (χ0v) is 10.4. The molecule has 0 unspecified atom stereocenters. The van der Waals surface area contributed by atoms with Crippen molar-refractivity contribution in [3.8, 4) is 17.2 Å². The van der Waals surface area contributed by atoms with Gasteiger partial charge in [-0.2, -0.15) is 0 Å². The molecule has 4 nitrogen and oxygen atoms in total. The lowest BCUT2D eigenvalue weighted by Gasteiger charge is -2.12. The minimum Gasteiger partial charge on any atom is -0.507 e. The number of phenols is 1. The second kappa shape index (κ2) is 6.13. The molecule has 0 aliphatic rings. The molecular weight excluding hydrogens is 220 g/mol. The van der Waals surface area contributed by atoms with Crippen LogP contribution in [0.15, 0.2) is 12.1 Å². The van der Waals surface area contributed by atoms with E-state index < -0.39 is 0 Å². The van der Waals surface area contributed by atoms with Crippen LogP contribution < -0.4 is 9.47 Å². The van der Waals surface area contributed by atoms with E-state index in [0.29, 0.717) is 24.5 Å². The van der Waals surface area contributed by atoms with Crippen molar-refractivity contribution in [1.82, 2.24) is 0 Å². The lowest BCUT2D eigenvalue weighted by Crippen LogP contribution is -2.03. The van der Waals surface area contributed by atoms with Crippen molar-refractivity contribution >= 4 is 5.78 Å². The lowest BCUT2D eigenvalue weighted by molar-refractivity contribution is 0.0982. The van der Waals surface area contributed by atoms with Gasteiger partial charge in [-0.25, -0.2) is 0 Å². The lowest BCUT2D eigenvalue weighted by atomic mass is 10.1. The van der Waals surface area contributed by atoms with Crippen LogP contribution in [-0.4, -0.2) is 24.6 Å². The summed E-state index contributed by atoms with van der Waals surface area (Å²) in [6, 6.07) is 3.07. The molecule has 1 N–H and O–H groups in total. The first-order valence-corrected chi connectivity index (χ1v) is 5.71. The van der Waals surface area contributed by atoms with Crippen molar-refractivity contribution in [3.05, 3.63) is 17.7 Å². The van der Waals surface area contributed by atoms with Gasteiger partial charge in [-0.15, -0.1) is 0 Å². The summed E-state index contributed by atoms with van der Waals surface area (Å²) >= 11 is 0. The number of ether oxygens (including phenoxy) is 2. The van der Waals surface area contributed by atoms with E-state index in [1.165, 1.54) is 13.2 Å². The van der Waals surface area contributed by atoms with Crippen LogP contribution in [0.2, 0.25) is 0 Å². The van der Waals surface area contributed by atoms with E-state index in [2.05, 4.69) is 0 Å². The molecular formula is C13H18O4. The van der Waals surface area contributed by atoms with Gasteiger partial charge in [0.15, 0.2) is 5.78 Å². The molecule has 1 aromatic rings. The number of Topliss-reactive ketones (excluding diaryl/α,β-unsaturated/α-hetero) is 1. The molecule has 0 heterocycles. The Labute approximate surface area is 101 Å². The summed E-state index contributed by atoms with van der Waals surface area (Å²) in [6.45, 7) is 4.29. The highest BCUT2D eigenvalue weighted by atomic mass is 16.5. The normalized spacial score (nSPS) is 10.1. The molecule has 4 heteroatoms. The van der Waals surface area contributed by atoms with Crippen LogP contribution >= 0.6 is 0 Å². The molecule has 0 spiro atoms. The minimum absolute atomic E-state index is 0.0951. The number of hydrogen-bond donors (Lipinski definition) is 1. The maximum absolute atomic E-state index is 11.7. The van der Waals surface area contributed by atoms with Crippen LogP contribution in [0.4, 0.5) is 0 Å². The zero-order chi connectivity index (χ0) is 12.8. The molecule has 0 aliphatic carbocycles. The van der Waals surface area contributed by atoms with Crippen molar-refractivity contribution in [2.24, 2.45) is 0 Å². The van der Waals surface area contributed by atoms with Crippen molar-refractivity contribution in [1.29, 1.82) is 0 Å². The Morgan fingerprint density at radius 3 is 2.59 bits per heavy atom. The van der Waals surface area contributed by atoms with Gasteiger partial charge in [-0.05, 0) is 6.42 Å². The number of carbonyl (C=O) groups is 1. The molecule has 0 amide bonds. The average Bonchev–Trinajstić information content (AvgIpc) is 2.34. The molecule has 0 aliphatic heterocycles. The van der Waals surface area contributed by atoms with Gasteiger partial charge in [0.05, 0.1) is 13.7 Å². The Morgan fingerprint density at radius 2 is 2.06 bits per heavy atom. The molecule has 0 aromatic heterocycles. The number of methoxy groups -OCH3 is 1. The summed E-state index contributed by atoms with van der Waals surface area (Å²) in [5.41, 5.74) is 0.221. The molecule has 0 atom stereocenters. The number of aromatic hydroxyl groups is 1. The van der Waals surface area contributed by atoms with E-state index in [1.807, 2.05) is 6.92 Å². The number of carbonyl (C=O) groups excluding carboxylic acids is 1. The molecule has 1 aromatic carbocycles. The van der Waals surface area contributed by atoms with E-state index in [1.54, 1.807) is 13.0 Å². The van der Waals surface area contributed by atoms with Gasteiger partial charge in [0, 0.05) is 18.6 Å². The second-order valence-corrected chi connectivity index (χ2v) is 3.64. The molecule has 17 heavy (non-hydrogen) atoms. The maximum Gasteiger partial charge on any atom is 0.170 e. The Kier molecular flexibility index (Phi) is 4.82. The first kappa shape index (κ1) is 13.4. The van der Waals surface area contributed by atoms with Crippen molar-refractivity contribution in [3.63, 3.8) is 0 Å². The molecule has 0 saturated carbocycles. The van der Waals surface area contributed by atoms with Crippen LogP contribution in [-0.2, 0) is 0 Å². The zero-order valence-electron chi connectivity index (χ0n) is 10.4. The summed E-state index contributed by atoms with van der Waals surface area (Å²) in [6.07, 6.45) is 1.19. The molecule has 0 fully saturated rings. The smallest absolute Gasteiger partial charge is 0.170 e. The Balaban J connectivity index is 3.11. The number of benzene rings is 1. The van der Waals surface area contributed by atoms with Gasteiger partial charge in [0.25, 0.3) is 0 Å². The quantitative estimate of drug-likeness (QED) is 0.774. The van der Waals surface area contributed by atoms with E-state index in [9.17, 15) is 9.90 Å². The Morgan fingerprint density at radius 1 is 1.35 bits per heavy atom. The molecule has 0 bridgehead atoms. The van der Waals surface area contributed by atoms with E-state index in [0.717, 1.165) is 6.42 Å². The first-order valence-electron chi connectivity index (χ1n) is 5.71. The third kappa shape index (κ3) is 3.12. The van der Waals surface area contributed by atoms with Gasteiger partial charge in [0.2, 0.25) is 0 Å². The minimum atomic E-state index is -0.151. The largest absolute Gasteiger partial charge is 0.507 e. The van der Waals surface area contributed by atoms with Crippen molar-refractivity contribution < 1.29 is 19.4 Å². The molecule has 0 radical (unpaired) electrons. The van der Waals surface area contributed by atoms with E-state index in [-0.39, 0.29) is 17.1 Å². The third-order valence-electron chi connectivity index (χ3n) is 2.35. The number of phenolic OH excluding ortho intramolecular Hbond substituents is 1. The highest BCUT2D eigenvalue weighted by Gasteiger charge is 2.17. The topological polar surface area (TPSA) is 55.8 Å². The number of ketones is 1. The van der Waals surface area contributed by atoms with Crippen LogP contribution in [0, 0.1) is 0 Å². The summed E-state index contributed by atoms with van der Waals surface area (Å²) in [7, 11) is 1.46. The first-order chi connectivity index (χ1) is 8.13. The fourth-order valence-electron chi connectivity index (χ4n) is 1.50. The Hall–Kier alpha value is -1.71. The predicted octanol–water partition coefficient (Wildman–Crippen LogP) is 2.78. The van der Waals surface area contributed by atoms with Crippen molar-refractivity contribution in [2.75, 3.05) is 13.7 Å². The van der Waals surface area contributed by atoms with Gasteiger partial charge in [-0.1, -0.05) is 13.8 Å². The van der Waals surface area contributed by atoms with E-state index >= 15 is 0 Å². The van der Waals surface area contributed by atoms with Crippen LogP contribution in [0.25, 0.3) is 0 Å². The Bertz CT molecular complexity index is 399. The molecule has 94 valence electrons. The highest BCUT2D eigenvalue weighted by Crippen LogP contribution is 2.34. The van der Waals surface area contributed by atoms with Crippen LogP contribution in [0.1, 0.15) is 37.0 Å². The monoisotopic (exact) mass is 238 g/mol. The van der Waals surface area contributed by atoms with Crippen molar-refractivity contribution in [2.45, 2.75) is 26.7 Å². The average molecular weight is 238 g/mol. The van der Waals surface area contributed by atoms with Gasteiger partial charge < -0.3 is 14.6 Å². The summed E-state index contributed by atoms with van der Waals surface area (Å²) in [4.78, 5) is 11.7. The highest BCUT2D eigenvalue weighted by molar-refractivity contribution is 6.01. The second-order valence-electron chi connectivity index (χ2n) is 3.64. The fraction of sp³-hybridized carbons (Fsp3) is 0.462. The standard InChI is InChI=1S/C13H18O4/c1-4-6-17-9-7-11(15)13(10(14)5-2)12(8-9)16-3/h7-8,15H,4-6H2,1-3H3. The number of hydrogen-bond acceptors (Lipinski definition) is 4. The molecule has 0 saturated heterocycles. The van der Waals surface area contributed by atoms with Crippen LogP contribution in [0.3, 0.4) is 0 Å².